The van der Waals surface area contributed by atoms with Crippen LogP contribution in [0.5, 0.6) is 17.2 Å². The van der Waals surface area contributed by atoms with Crippen molar-refractivity contribution in [1.82, 2.24) is 4.98 Å². The number of nitrogen functional groups attached to an aromatic ring is 1. The summed E-state index contributed by atoms with van der Waals surface area (Å²) in [7, 11) is 0. The predicted molar refractivity (Wildman–Crippen MR) is 83.8 cm³/mol. The van der Waals surface area contributed by atoms with Crippen LogP contribution in [0.15, 0.2) is 54.7 Å². The molecule has 0 amide bonds. The Morgan fingerprint density at radius 1 is 1.05 bits per heavy atom. The van der Waals surface area contributed by atoms with Crippen molar-refractivity contribution in [3.8, 4) is 17.2 Å². The first-order valence-electron chi connectivity index (χ1n) is 6.82. The van der Waals surface area contributed by atoms with Crippen LogP contribution in [0.4, 0.5) is 5.69 Å². The van der Waals surface area contributed by atoms with E-state index in [9.17, 15) is 0 Å². The second-order valence-electron chi connectivity index (χ2n) is 4.57. The Balaban J connectivity index is 2.05. The molecular formula is C17H16N2O2. The molecule has 3 aromatic rings. The lowest BCUT2D eigenvalue weighted by molar-refractivity contribution is 0.343. The highest BCUT2D eigenvalue weighted by Gasteiger charge is 2.08. The minimum absolute atomic E-state index is 0.598. The monoisotopic (exact) mass is 280 g/mol. The van der Waals surface area contributed by atoms with Crippen LogP contribution in [0.25, 0.3) is 10.9 Å². The maximum Gasteiger partial charge on any atom is 0.145 e. The Morgan fingerprint density at radius 2 is 1.90 bits per heavy atom. The normalized spacial score (nSPS) is 10.5. The third kappa shape index (κ3) is 2.74. The molecule has 0 bridgehead atoms. The van der Waals surface area contributed by atoms with Crippen LogP contribution in [-0.2, 0) is 0 Å². The van der Waals surface area contributed by atoms with Gasteiger partial charge in [0.2, 0.25) is 0 Å². The highest BCUT2D eigenvalue weighted by molar-refractivity contribution is 5.89. The predicted octanol–water partition coefficient (Wildman–Crippen LogP) is 4.01. The van der Waals surface area contributed by atoms with Gasteiger partial charge in [0.05, 0.1) is 6.61 Å². The van der Waals surface area contributed by atoms with Crippen molar-refractivity contribution >= 4 is 16.6 Å². The van der Waals surface area contributed by atoms with E-state index in [-0.39, 0.29) is 0 Å². The van der Waals surface area contributed by atoms with E-state index in [1.165, 1.54) is 0 Å². The van der Waals surface area contributed by atoms with Crippen molar-refractivity contribution in [3.63, 3.8) is 0 Å². The summed E-state index contributed by atoms with van der Waals surface area (Å²) in [6.45, 7) is 2.55. The van der Waals surface area contributed by atoms with Crippen molar-refractivity contribution in [3.05, 3.63) is 54.7 Å². The number of benzene rings is 2. The van der Waals surface area contributed by atoms with Gasteiger partial charge in [0, 0.05) is 23.3 Å². The summed E-state index contributed by atoms with van der Waals surface area (Å²) < 4.78 is 11.5. The van der Waals surface area contributed by atoms with Crippen molar-refractivity contribution in [2.45, 2.75) is 6.92 Å². The number of nitrogens with two attached hydrogens (primary N) is 1. The largest absolute Gasteiger partial charge is 0.492 e. The number of hydrogen-bond acceptors (Lipinski definition) is 4. The van der Waals surface area contributed by atoms with Crippen LogP contribution in [0.1, 0.15) is 6.92 Å². The van der Waals surface area contributed by atoms with E-state index in [0.29, 0.717) is 18.0 Å². The maximum atomic E-state index is 5.93. The van der Waals surface area contributed by atoms with Gasteiger partial charge in [0.15, 0.2) is 0 Å². The van der Waals surface area contributed by atoms with Gasteiger partial charge in [0.25, 0.3) is 0 Å². The average molecular weight is 280 g/mol. The molecule has 106 valence electrons. The van der Waals surface area contributed by atoms with E-state index < -0.39 is 0 Å². The summed E-state index contributed by atoms with van der Waals surface area (Å²) in [6.07, 6.45) is 1.71. The zero-order valence-corrected chi connectivity index (χ0v) is 11.7. The molecule has 1 aromatic heterocycles. The van der Waals surface area contributed by atoms with Crippen LogP contribution in [-0.4, -0.2) is 11.6 Å². The summed E-state index contributed by atoms with van der Waals surface area (Å²) in [6, 6.07) is 15.0. The van der Waals surface area contributed by atoms with Crippen molar-refractivity contribution < 1.29 is 9.47 Å². The molecule has 21 heavy (non-hydrogen) atoms. The zero-order valence-electron chi connectivity index (χ0n) is 11.7. The molecule has 0 atom stereocenters. The van der Waals surface area contributed by atoms with Crippen LogP contribution in [0, 0.1) is 0 Å². The average Bonchev–Trinajstić information content (AvgIpc) is 2.48. The molecule has 0 saturated heterocycles. The molecule has 0 radical (unpaired) electrons. The quantitative estimate of drug-likeness (QED) is 0.734. The Kier molecular flexibility index (Phi) is 3.60. The highest BCUT2D eigenvalue weighted by Crippen LogP contribution is 2.33. The molecule has 4 nitrogen and oxygen atoms in total. The first-order chi connectivity index (χ1) is 10.3. The summed E-state index contributed by atoms with van der Waals surface area (Å²) in [5.74, 6) is 2.18. The third-order valence-corrected chi connectivity index (χ3v) is 3.08. The van der Waals surface area contributed by atoms with E-state index in [0.717, 1.165) is 22.4 Å². The Morgan fingerprint density at radius 3 is 2.71 bits per heavy atom. The van der Waals surface area contributed by atoms with E-state index in [1.54, 1.807) is 12.3 Å². The van der Waals surface area contributed by atoms with Gasteiger partial charge >= 0.3 is 0 Å². The second kappa shape index (κ2) is 5.71. The van der Waals surface area contributed by atoms with Crippen molar-refractivity contribution in [2.24, 2.45) is 0 Å². The van der Waals surface area contributed by atoms with Gasteiger partial charge < -0.3 is 15.2 Å². The second-order valence-corrected chi connectivity index (χ2v) is 4.57. The fourth-order valence-corrected chi connectivity index (χ4v) is 2.19. The van der Waals surface area contributed by atoms with E-state index in [4.69, 9.17) is 15.2 Å². The number of nitrogens with zero attached hydrogens (tertiary/aromatic N) is 1. The smallest absolute Gasteiger partial charge is 0.145 e. The van der Waals surface area contributed by atoms with Crippen LogP contribution >= 0.6 is 0 Å². The van der Waals surface area contributed by atoms with Crippen molar-refractivity contribution in [1.29, 1.82) is 0 Å². The van der Waals surface area contributed by atoms with E-state index in [1.807, 2.05) is 49.4 Å². The van der Waals surface area contributed by atoms with Crippen LogP contribution in [0.2, 0.25) is 0 Å². The lowest BCUT2D eigenvalue weighted by Gasteiger charge is -2.11. The van der Waals surface area contributed by atoms with Gasteiger partial charge in [0.1, 0.15) is 22.8 Å². The zero-order chi connectivity index (χ0) is 14.7. The topological polar surface area (TPSA) is 57.4 Å². The van der Waals surface area contributed by atoms with Gasteiger partial charge in [-0.15, -0.1) is 0 Å². The number of fused-ring (bicyclic) bond motifs is 1. The Hall–Kier alpha value is -2.75. The van der Waals surface area contributed by atoms with Crippen LogP contribution < -0.4 is 15.2 Å². The Bertz CT molecular complexity index is 772. The van der Waals surface area contributed by atoms with E-state index in [2.05, 4.69) is 4.98 Å². The summed E-state index contributed by atoms with van der Waals surface area (Å²) >= 11 is 0. The van der Waals surface area contributed by atoms with Gasteiger partial charge in [-0.2, -0.15) is 0 Å². The molecule has 0 aliphatic rings. The molecule has 0 aliphatic carbocycles. The number of para-hydroxylation sites is 1. The van der Waals surface area contributed by atoms with Gasteiger partial charge in [-0.25, -0.2) is 0 Å². The minimum Gasteiger partial charge on any atom is -0.492 e. The summed E-state index contributed by atoms with van der Waals surface area (Å²) in [5.41, 5.74) is 7.24. The molecule has 2 aromatic carbocycles. The summed E-state index contributed by atoms with van der Waals surface area (Å²) in [4.78, 5) is 4.39. The molecule has 0 saturated carbocycles. The molecule has 1 heterocycles. The van der Waals surface area contributed by atoms with Gasteiger partial charge in [-0.1, -0.05) is 12.1 Å². The molecule has 0 aliphatic heterocycles. The molecule has 2 N–H and O–H groups in total. The maximum absolute atomic E-state index is 5.93. The SMILES string of the molecule is CCOc1cccc2c(Oc3cccc(N)c3)ccnc12. The van der Waals surface area contributed by atoms with E-state index >= 15 is 0 Å². The van der Waals surface area contributed by atoms with Gasteiger partial charge in [-0.05, 0) is 37.3 Å². The lowest BCUT2D eigenvalue weighted by Crippen LogP contribution is -1.95. The number of hydrogen-bond donors (Lipinski definition) is 1. The van der Waals surface area contributed by atoms with Gasteiger partial charge in [-0.3, -0.25) is 4.98 Å². The molecule has 4 heteroatoms. The molecule has 0 unspecified atom stereocenters. The minimum atomic E-state index is 0.598. The highest BCUT2D eigenvalue weighted by atomic mass is 16.5. The molecular weight excluding hydrogens is 264 g/mol. The first-order valence-corrected chi connectivity index (χ1v) is 6.82. The fraction of sp³-hybridized carbons (Fsp3) is 0.118. The molecule has 0 fully saturated rings. The summed E-state index contributed by atoms with van der Waals surface area (Å²) in [5, 5.41) is 0.908. The number of pyridine rings is 1. The number of rotatable bonds is 4. The fourth-order valence-electron chi connectivity index (χ4n) is 2.19. The lowest BCUT2D eigenvalue weighted by atomic mass is 10.2. The Labute approximate surface area is 123 Å². The molecule has 3 rings (SSSR count). The number of ether oxygens (including phenoxy) is 2. The standard InChI is InChI=1S/C17H16N2O2/c1-2-20-16-8-4-7-14-15(9-10-19-17(14)16)21-13-6-3-5-12(18)11-13/h3-11H,2,18H2,1H3. The number of aromatic nitrogens is 1. The van der Waals surface area contributed by atoms with Crippen LogP contribution in [0.3, 0.4) is 0 Å². The third-order valence-electron chi connectivity index (χ3n) is 3.08. The van der Waals surface area contributed by atoms with Crippen molar-refractivity contribution in [2.75, 3.05) is 12.3 Å². The number of anilines is 1. The molecule has 0 spiro atoms. The first kappa shape index (κ1) is 13.2.